The van der Waals surface area contributed by atoms with Gasteiger partial charge in [-0.05, 0) is 32.1 Å². The van der Waals surface area contributed by atoms with Crippen LogP contribution in [0, 0.1) is 11.3 Å². The number of unbranched alkanes of at least 4 members (excludes halogenated alkanes) is 53. The summed E-state index contributed by atoms with van der Waals surface area (Å²) in [6.07, 6.45) is 83.1. The van der Waals surface area contributed by atoms with Crippen LogP contribution in [0.3, 0.4) is 0 Å². The van der Waals surface area contributed by atoms with E-state index in [-0.39, 0.29) is 19.6 Å². The molecule has 1 unspecified atom stereocenters. The molecule has 0 bridgehead atoms. The van der Waals surface area contributed by atoms with E-state index in [4.69, 9.17) is 9.47 Å². The molecule has 1 aliphatic heterocycles. The van der Waals surface area contributed by atoms with Gasteiger partial charge in [0.15, 0.2) is 0 Å². The predicted octanol–water partition coefficient (Wildman–Crippen LogP) is 21.5. The van der Waals surface area contributed by atoms with Gasteiger partial charge in [0, 0.05) is 0 Å². The monoisotopic (exact) mass is 1040 g/mol. The van der Waals surface area contributed by atoms with Gasteiger partial charge in [-0.2, -0.15) is 0 Å². The minimum absolute atomic E-state index is 0.00405. The van der Waals surface area contributed by atoms with Crippen LogP contribution < -0.4 is 0 Å². The predicted molar refractivity (Wildman–Crippen MR) is 320 cm³/mol. The lowest BCUT2D eigenvalue weighted by Gasteiger charge is -2.27. The Bertz CT molecular complexity index is 1160. The quantitative estimate of drug-likeness (QED) is 0.0358. The molecule has 1 atom stereocenters. The zero-order chi connectivity index (χ0) is 53.2. The molecule has 1 saturated heterocycles. The first kappa shape index (κ1) is 70.6. The summed E-state index contributed by atoms with van der Waals surface area (Å²) in [4.78, 5) is 24.8. The van der Waals surface area contributed by atoms with Crippen molar-refractivity contribution in [3.05, 3.63) is 12.2 Å². The number of carbonyl (C=O) groups excluding carboxylic acids is 2. The maximum absolute atomic E-state index is 12.6. The number of esters is 2. The molecule has 0 spiro atoms. The van der Waals surface area contributed by atoms with E-state index in [1.807, 2.05) is 0 Å². The number of rotatable bonds is 59. The molecule has 0 radical (unpaired) electrons. The van der Waals surface area contributed by atoms with Crippen molar-refractivity contribution in [2.24, 2.45) is 11.3 Å². The van der Waals surface area contributed by atoms with Gasteiger partial charge in [0.2, 0.25) is 0 Å². The van der Waals surface area contributed by atoms with Gasteiger partial charge in [-0.1, -0.05) is 347 Å². The van der Waals surface area contributed by atoms with E-state index in [1.165, 1.54) is 334 Å². The van der Waals surface area contributed by atoms with E-state index in [0.717, 1.165) is 19.3 Å². The summed E-state index contributed by atoms with van der Waals surface area (Å²) in [6, 6.07) is 0. The largest absolute Gasteiger partial charge is 0.465 e. The SMILES string of the molecule is CCCCCCCCCCCCCCCCCCCCCCCCCCCCCCCCCCC/C=C/CCCCCCCCCCCCCCCCCCCCCCC1CC(=O)OCC(CO)(CO)COC1=O. The van der Waals surface area contributed by atoms with Gasteiger partial charge in [0.25, 0.3) is 0 Å². The van der Waals surface area contributed by atoms with Gasteiger partial charge in [0.1, 0.15) is 13.2 Å². The third kappa shape index (κ3) is 48.9. The third-order valence-corrected chi connectivity index (χ3v) is 16.8. The summed E-state index contributed by atoms with van der Waals surface area (Å²) >= 11 is 0. The first-order valence-corrected chi connectivity index (χ1v) is 33.8. The number of allylic oxidation sites excluding steroid dienone is 2. The average Bonchev–Trinajstić information content (AvgIpc) is 3.47. The molecule has 2 N–H and O–H groups in total. The highest BCUT2D eigenvalue weighted by Gasteiger charge is 2.36. The van der Waals surface area contributed by atoms with Crippen LogP contribution >= 0.6 is 0 Å². The number of ether oxygens (including phenoxy) is 2. The summed E-state index contributed by atoms with van der Waals surface area (Å²) < 4.78 is 10.6. The van der Waals surface area contributed by atoms with Crippen molar-refractivity contribution in [3.63, 3.8) is 0 Å². The van der Waals surface area contributed by atoms with Crippen molar-refractivity contribution in [3.8, 4) is 0 Å². The van der Waals surface area contributed by atoms with Crippen molar-refractivity contribution in [2.75, 3.05) is 26.4 Å². The zero-order valence-electron chi connectivity index (χ0n) is 49.9. The Kier molecular flexibility index (Phi) is 55.1. The molecule has 0 aromatic heterocycles. The van der Waals surface area contributed by atoms with Gasteiger partial charge >= 0.3 is 11.9 Å². The minimum atomic E-state index is -1.12. The lowest BCUT2D eigenvalue weighted by Crippen LogP contribution is -2.40. The van der Waals surface area contributed by atoms with Crippen LogP contribution in [0.15, 0.2) is 12.2 Å². The molecule has 1 rings (SSSR count). The molecule has 0 aliphatic carbocycles. The Balaban J connectivity index is 1.68. The number of cyclic esters (lactones) is 2. The van der Waals surface area contributed by atoms with Gasteiger partial charge in [-0.15, -0.1) is 0 Å². The highest BCUT2D eigenvalue weighted by molar-refractivity contribution is 5.80. The summed E-state index contributed by atoms with van der Waals surface area (Å²) in [5.74, 6) is -1.40. The van der Waals surface area contributed by atoms with Gasteiger partial charge < -0.3 is 19.7 Å². The van der Waals surface area contributed by atoms with Crippen molar-refractivity contribution in [1.29, 1.82) is 0 Å². The second-order valence-corrected chi connectivity index (χ2v) is 24.2. The van der Waals surface area contributed by atoms with Crippen LogP contribution in [0.1, 0.15) is 373 Å². The van der Waals surface area contributed by atoms with Crippen LogP contribution in [0.2, 0.25) is 0 Å². The Morgan fingerprint density at radius 1 is 0.351 bits per heavy atom. The average molecular weight is 1040 g/mol. The topological polar surface area (TPSA) is 93.1 Å². The van der Waals surface area contributed by atoms with Crippen LogP contribution in [-0.4, -0.2) is 48.6 Å². The zero-order valence-corrected chi connectivity index (χ0v) is 49.9. The molecule has 0 aromatic carbocycles. The number of aliphatic hydroxyl groups excluding tert-OH is 2. The molecule has 0 saturated carbocycles. The highest BCUT2D eigenvalue weighted by atomic mass is 16.6. The standard InChI is InChI=1S/C68H130O6/c1-2-3-4-5-6-7-8-9-10-11-12-13-14-15-16-17-18-19-20-21-22-23-24-25-26-27-28-29-30-31-32-33-34-35-36-37-38-39-40-41-42-43-44-45-46-47-48-49-50-51-52-53-54-55-56-57-58-59-65-60-66(71)73-63-68(61-69,62-70)64-74-67(65)72/h36-37,65,69-70H,2-35,38-64H2,1H3/b37-36+. The van der Waals surface area contributed by atoms with Gasteiger partial charge in [-0.3, -0.25) is 9.59 Å². The normalized spacial score (nSPS) is 15.1. The molecular formula is C68H130O6. The molecule has 438 valence electrons. The van der Waals surface area contributed by atoms with Crippen molar-refractivity contribution in [1.82, 2.24) is 0 Å². The molecule has 0 amide bonds. The molecule has 1 heterocycles. The summed E-state index contributed by atoms with van der Waals surface area (Å²) in [6.45, 7) is 1.21. The Hall–Kier alpha value is -1.40. The molecule has 0 aromatic rings. The van der Waals surface area contributed by atoms with E-state index in [9.17, 15) is 19.8 Å². The fraction of sp³-hybridized carbons (Fsp3) is 0.941. The highest BCUT2D eigenvalue weighted by Crippen LogP contribution is 2.25. The Morgan fingerprint density at radius 3 is 0.838 bits per heavy atom. The van der Waals surface area contributed by atoms with Crippen molar-refractivity contribution >= 4 is 11.9 Å². The van der Waals surface area contributed by atoms with E-state index in [2.05, 4.69) is 19.1 Å². The van der Waals surface area contributed by atoms with E-state index in [0.29, 0.717) is 6.42 Å². The second-order valence-electron chi connectivity index (χ2n) is 24.2. The Morgan fingerprint density at radius 2 is 0.581 bits per heavy atom. The number of carbonyl (C=O) groups is 2. The van der Waals surface area contributed by atoms with Crippen molar-refractivity contribution in [2.45, 2.75) is 373 Å². The summed E-state index contributed by atoms with van der Waals surface area (Å²) in [5.41, 5.74) is -1.12. The van der Waals surface area contributed by atoms with E-state index >= 15 is 0 Å². The number of aliphatic hydroxyl groups is 2. The molecule has 1 fully saturated rings. The molecule has 6 heteroatoms. The van der Waals surface area contributed by atoms with E-state index < -0.39 is 36.5 Å². The fourth-order valence-electron chi connectivity index (χ4n) is 11.3. The summed E-state index contributed by atoms with van der Waals surface area (Å²) in [5, 5.41) is 19.2. The minimum Gasteiger partial charge on any atom is -0.465 e. The Labute approximate surface area is 462 Å². The van der Waals surface area contributed by atoms with Crippen LogP contribution in [0.25, 0.3) is 0 Å². The first-order valence-electron chi connectivity index (χ1n) is 33.8. The molecule has 74 heavy (non-hydrogen) atoms. The first-order chi connectivity index (χ1) is 36.6. The molecule has 6 nitrogen and oxygen atoms in total. The van der Waals surface area contributed by atoms with Crippen LogP contribution in [0.4, 0.5) is 0 Å². The van der Waals surface area contributed by atoms with Crippen molar-refractivity contribution < 1.29 is 29.3 Å². The maximum atomic E-state index is 12.6. The fourth-order valence-corrected chi connectivity index (χ4v) is 11.3. The second kappa shape index (κ2) is 57.8. The number of hydrogen-bond acceptors (Lipinski definition) is 6. The van der Waals surface area contributed by atoms with Crippen LogP contribution in [-0.2, 0) is 19.1 Å². The number of hydrogen-bond donors (Lipinski definition) is 2. The molecule has 1 aliphatic rings. The van der Waals surface area contributed by atoms with E-state index in [1.54, 1.807) is 0 Å². The van der Waals surface area contributed by atoms with Gasteiger partial charge in [0.05, 0.1) is 31.0 Å². The van der Waals surface area contributed by atoms with Gasteiger partial charge in [-0.25, -0.2) is 0 Å². The summed E-state index contributed by atoms with van der Waals surface area (Å²) in [7, 11) is 0. The molecular weight excluding hydrogens is 913 g/mol. The third-order valence-electron chi connectivity index (χ3n) is 16.8. The lowest BCUT2D eigenvalue weighted by atomic mass is 9.92. The maximum Gasteiger partial charge on any atom is 0.309 e. The van der Waals surface area contributed by atoms with Crippen LogP contribution in [0.5, 0.6) is 0 Å². The smallest absolute Gasteiger partial charge is 0.309 e. The lowest BCUT2D eigenvalue weighted by molar-refractivity contribution is -0.155.